The standard InChI is InChI=1S/C21H15ClF3N3O3/c22-17-15(8-1-3-10(26)5-8)13(25)7-11-18(17)28(14-4-2-9(23)6-12(14)24)21-16(19(11)29)20(30)27-31-21/h2,4,6-8,10H,1,3,5,26H2,(H,27,30). The quantitative estimate of drug-likeness (QED) is 0.482. The molecule has 1 aliphatic carbocycles. The molecule has 2 atom stereocenters. The van der Waals surface area contributed by atoms with Crippen LogP contribution < -0.4 is 16.7 Å². The third kappa shape index (κ3) is 2.91. The molecule has 31 heavy (non-hydrogen) atoms. The maximum Gasteiger partial charge on any atom is 0.293 e. The van der Waals surface area contributed by atoms with Gasteiger partial charge in [-0.2, -0.15) is 5.16 Å². The number of rotatable bonds is 2. The molecule has 10 heteroatoms. The highest BCUT2D eigenvalue weighted by Gasteiger charge is 2.31. The number of hydrogen-bond acceptors (Lipinski definition) is 4. The Balaban J connectivity index is 1.98. The number of fused-ring (bicyclic) bond motifs is 2. The van der Waals surface area contributed by atoms with Gasteiger partial charge in [-0.3, -0.25) is 14.2 Å². The number of benzene rings is 2. The van der Waals surface area contributed by atoms with Crippen LogP contribution in [0.2, 0.25) is 5.02 Å². The second kappa shape index (κ2) is 7.00. The van der Waals surface area contributed by atoms with E-state index in [2.05, 4.69) is 0 Å². The highest BCUT2D eigenvalue weighted by Crippen LogP contribution is 2.42. The number of nitrogens with one attached hydrogen (secondary N) is 1. The fraction of sp³-hybridized carbons (Fsp3) is 0.238. The monoisotopic (exact) mass is 449 g/mol. The SMILES string of the molecule is NC1CCC(c2c(F)cc3c(=O)c4c(=O)[nH]oc4n(-c4ccc(F)cc4F)c3c2Cl)C1. The maximum atomic E-state index is 15.1. The fourth-order valence-electron chi connectivity index (χ4n) is 4.45. The highest BCUT2D eigenvalue weighted by atomic mass is 35.5. The van der Waals surface area contributed by atoms with Crippen molar-refractivity contribution in [1.29, 1.82) is 0 Å². The molecule has 0 spiro atoms. The number of aromatic nitrogens is 2. The second-order valence-corrected chi connectivity index (χ2v) is 8.10. The summed E-state index contributed by atoms with van der Waals surface area (Å²) >= 11 is 6.63. The summed E-state index contributed by atoms with van der Waals surface area (Å²) in [6.45, 7) is 0. The van der Waals surface area contributed by atoms with Crippen LogP contribution in [0.25, 0.3) is 27.7 Å². The van der Waals surface area contributed by atoms with E-state index in [4.69, 9.17) is 21.9 Å². The van der Waals surface area contributed by atoms with Crippen molar-refractivity contribution in [3.05, 3.63) is 72.9 Å². The molecule has 1 fully saturated rings. The smallest absolute Gasteiger partial charge is 0.293 e. The first-order chi connectivity index (χ1) is 14.8. The summed E-state index contributed by atoms with van der Waals surface area (Å²) in [5.41, 5.74) is 3.89. The van der Waals surface area contributed by atoms with Gasteiger partial charge in [0.25, 0.3) is 5.56 Å². The summed E-state index contributed by atoms with van der Waals surface area (Å²) in [6.07, 6.45) is 1.78. The van der Waals surface area contributed by atoms with E-state index in [9.17, 15) is 18.4 Å². The minimum atomic E-state index is -0.986. The van der Waals surface area contributed by atoms with E-state index in [0.29, 0.717) is 25.3 Å². The van der Waals surface area contributed by atoms with Crippen LogP contribution in [0.1, 0.15) is 30.7 Å². The van der Waals surface area contributed by atoms with E-state index in [-0.39, 0.29) is 44.8 Å². The number of halogens is 4. The largest absolute Gasteiger partial charge is 0.359 e. The van der Waals surface area contributed by atoms with Gasteiger partial charge in [-0.05, 0) is 43.4 Å². The van der Waals surface area contributed by atoms with E-state index < -0.39 is 33.8 Å². The van der Waals surface area contributed by atoms with E-state index >= 15 is 4.39 Å². The number of nitrogens with two attached hydrogens (primary N) is 1. The average molecular weight is 450 g/mol. The molecular formula is C21H15ClF3N3O3. The number of nitrogens with zero attached hydrogens (tertiary/aromatic N) is 1. The van der Waals surface area contributed by atoms with Crippen molar-refractivity contribution in [3.63, 3.8) is 0 Å². The van der Waals surface area contributed by atoms with Gasteiger partial charge in [0.2, 0.25) is 11.1 Å². The molecule has 2 unspecified atom stereocenters. The lowest BCUT2D eigenvalue weighted by molar-refractivity contribution is 0.436. The first kappa shape index (κ1) is 19.9. The Labute approximate surface area is 177 Å². The first-order valence-electron chi connectivity index (χ1n) is 9.56. The predicted molar refractivity (Wildman–Crippen MR) is 109 cm³/mol. The summed E-state index contributed by atoms with van der Waals surface area (Å²) < 4.78 is 49.7. The molecule has 0 saturated heterocycles. The first-order valence-corrected chi connectivity index (χ1v) is 9.94. The molecule has 4 aromatic rings. The van der Waals surface area contributed by atoms with Gasteiger partial charge in [-0.1, -0.05) is 11.6 Å². The Kier molecular flexibility index (Phi) is 4.49. The van der Waals surface area contributed by atoms with Crippen LogP contribution in [-0.2, 0) is 0 Å². The van der Waals surface area contributed by atoms with Gasteiger partial charge < -0.3 is 10.3 Å². The lowest BCUT2D eigenvalue weighted by Crippen LogP contribution is -2.17. The average Bonchev–Trinajstić information content (AvgIpc) is 3.30. The van der Waals surface area contributed by atoms with Crippen molar-refractivity contribution in [2.24, 2.45) is 5.73 Å². The molecule has 0 radical (unpaired) electrons. The molecule has 2 aromatic carbocycles. The van der Waals surface area contributed by atoms with Crippen LogP contribution >= 0.6 is 11.6 Å². The molecule has 0 bridgehead atoms. The summed E-state index contributed by atoms with van der Waals surface area (Å²) in [6, 6.07) is 3.65. The number of hydrogen-bond donors (Lipinski definition) is 2. The molecule has 6 nitrogen and oxygen atoms in total. The molecule has 2 aromatic heterocycles. The number of aromatic amines is 1. The van der Waals surface area contributed by atoms with E-state index in [1.807, 2.05) is 5.16 Å². The molecular weight excluding hydrogens is 435 g/mol. The number of pyridine rings is 1. The van der Waals surface area contributed by atoms with Crippen LogP contribution in [0.5, 0.6) is 0 Å². The van der Waals surface area contributed by atoms with Crippen molar-refractivity contribution in [1.82, 2.24) is 9.72 Å². The Hall–Kier alpha value is -3.04. The normalized spacial score (nSPS) is 19.0. The Bertz CT molecular complexity index is 1490. The van der Waals surface area contributed by atoms with Crippen LogP contribution in [0, 0.1) is 17.5 Å². The van der Waals surface area contributed by atoms with Gasteiger partial charge in [0.1, 0.15) is 17.5 Å². The van der Waals surface area contributed by atoms with Gasteiger partial charge >= 0.3 is 0 Å². The molecule has 0 amide bonds. The third-order valence-electron chi connectivity index (χ3n) is 5.84. The van der Waals surface area contributed by atoms with Gasteiger partial charge in [-0.15, -0.1) is 0 Å². The summed E-state index contributed by atoms with van der Waals surface area (Å²) in [7, 11) is 0. The Morgan fingerprint density at radius 3 is 2.58 bits per heavy atom. The molecule has 1 saturated carbocycles. The van der Waals surface area contributed by atoms with Crippen LogP contribution in [0.15, 0.2) is 38.4 Å². The number of H-pyrrole nitrogens is 1. The molecule has 2 heterocycles. The van der Waals surface area contributed by atoms with Gasteiger partial charge in [-0.25, -0.2) is 13.2 Å². The van der Waals surface area contributed by atoms with Gasteiger partial charge in [0, 0.05) is 17.7 Å². The predicted octanol–water partition coefficient (Wildman–Crippen LogP) is 4.09. The zero-order chi connectivity index (χ0) is 22.0. The maximum absolute atomic E-state index is 15.1. The molecule has 1 aliphatic rings. The summed E-state index contributed by atoms with van der Waals surface area (Å²) in [5, 5.41) is 1.28. The topological polar surface area (TPSA) is 94.0 Å². The van der Waals surface area contributed by atoms with Crippen molar-refractivity contribution < 1.29 is 17.7 Å². The van der Waals surface area contributed by atoms with Crippen molar-refractivity contribution in [2.45, 2.75) is 31.2 Å². The Morgan fingerprint density at radius 2 is 1.90 bits per heavy atom. The fourth-order valence-corrected chi connectivity index (χ4v) is 4.88. The van der Waals surface area contributed by atoms with Crippen molar-refractivity contribution >= 4 is 33.6 Å². The lowest BCUT2D eigenvalue weighted by atomic mass is 9.94. The van der Waals surface area contributed by atoms with Crippen molar-refractivity contribution in [3.8, 4) is 5.69 Å². The van der Waals surface area contributed by atoms with Gasteiger partial charge in [0.05, 0.1) is 21.6 Å². The van der Waals surface area contributed by atoms with E-state index in [0.717, 1.165) is 22.8 Å². The minimum absolute atomic E-state index is 0.0377. The third-order valence-corrected chi connectivity index (χ3v) is 6.22. The highest BCUT2D eigenvalue weighted by molar-refractivity contribution is 6.36. The second-order valence-electron chi connectivity index (χ2n) is 7.73. The van der Waals surface area contributed by atoms with Gasteiger partial charge in [0.15, 0.2) is 5.39 Å². The lowest BCUT2D eigenvalue weighted by Gasteiger charge is -2.19. The van der Waals surface area contributed by atoms with E-state index in [1.165, 1.54) is 0 Å². The van der Waals surface area contributed by atoms with Crippen LogP contribution in [-0.4, -0.2) is 15.8 Å². The molecule has 3 N–H and O–H groups in total. The summed E-state index contributed by atoms with van der Waals surface area (Å²) in [4.78, 5) is 25.2. The van der Waals surface area contributed by atoms with E-state index in [1.54, 1.807) is 0 Å². The van der Waals surface area contributed by atoms with Crippen LogP contribution in [0.3, 0.4) is 0 Å². The van der Waals surface area contributed by atoms with Crippen molar-refractivity contribution in [2.75, 3.05) is 0 Å². The summed E-state index contributed by atoms with van der Waals surface area (Å²) in [5.74, 6) is -2.81. The zero-order valence-electron chi connectivity index (χ0n) is 15.8. The zero-order valence-corrected chi connectivity index (χ0v) is 16.6. The minimum Gasteiger partial charge on any atom is -0.359 e. The molecule has 160 valence electrons. The molecule has 5 rings (SSSR count). The molecule has 0 aliphatic heterocycles. The van der Waals surface area contributed by atoms with Crippen LogP contribution in [0.4, 0.5) is 13.2 Å². The Morgan fingerprint density at radius 1 is 1.13 bits per heavy atom.